The van der Waals surface area contributed by atoms with Gasteiger partial charge in [0.1, 0.15) is 0 Å². The largest absolute Gasteiger partial charge is 0.326 e. The molecule has 2 rings (SSSR count). The van der Waals surface area contributed by atoms with Gasteiger partial charge in [-0.15, -0.1) is 0 Å². The van der Waals surface area contributed by atoms with Crippen LogP contribution >= 0.6 is 11.6 Å². The van der Waals surface area contributed by atoms with Crippen molar-refractivity contribution in [2.24, 2.45) is 5.73 Å². The molecule has 0 spiro atoms. The second kappa shape index (κ2) is 4.74. The summed E-state index contributed by atoms with van der Waals surface area (Å²) in [6.45, 7) is 3.23. The molecule has 0 saturated carbocycles. The summed E-state index contributed by atoms with van der Waals surface area (Å²) in [5.74, 6) is 0. The Morgan fingerprint density at radius 2 is 2.19 bits per heavy atom. The van der Waals surface area contributed by atoms with Gasteiger partial charge in [-0.3, -0.25) is 4.90 Å². The number of hydrogen-bond donors (Lipinski definition) is 1. The van der Waals surface area contributed by atoms with Crippen LogP contribution < -0.4 is 5.73 Å². The van der Waals surface area contributed by atoms with E-state index < -0.39 is 0 Å². The Morgan fingerprint density at radius 1 is 1.44 bits per heavy atom. The van der Waals surface area contributed by atoms with Crippen LogP contribution in [0.15, 0.2) is 18.2 Å². The fourth-order valence-electron chi connectivity index (χ4n) is 2.64. The Morgan fingerprint density at radius 3 is 2.81 bits per heavy atom. The number of benzene rings is 1. The third-order valence-electron chi connectivity index (χ3n) is 3.48. The number of piperidine rings is 1. The first-order valence-electron chi connectivity index (χ1n) is 5.81. The molecule has 1 aliphatic rings. The van der Waals surface area contributed by atoms with Gasteiger partial charge in [0.05, 0.1) is 0 Å². The lowest BCUT2D eigenvalue weighted by Gasteiger charge is -2.38. The van der Waals surface area contributed by atoms with Crippen LogP contribution in [0.1, 0.15) is 30.0 Å². The molecule has 1 aromatic carbocycles. The number of likely N-dealkylation sites (tertiary alicyclic amines) is 1. The standard InChI is InChI=1S/C13H19ClN2/c1-9-8-10(14)5-6-11(9)13-12(15)4-3-7-16(13)2/h5-6,8,12-13H,3-4,7,15H2,1-2H3. The fourth-order valence-corrected chi connectivity index (χ4v) is 2.87. The molecular formula is C13H19ClN2. The first-order chi connectivity index (χ1) is 7.59. The zero-order valence-electron chi connectivity index (χ0n) is 9.91. The van der Waals surface area contributed by atoms with Crippen LogP contribution in [-0.4, -0.2) is 24.5 Å². The molecule has 2 atom stereocenters. The van der Waals surface area contributed by atoms with E-state index >= 15 is 0 Å². The van der Waals surface area contributed by atoms with Crippen molar-refractivity contribution in [1.82, 2.24) is 4.90 Å². The first-order valence-corrected chi connectivity index (χ1v) is 6.19. The summed E-state index contributed by atoms with van der Waals surface area (Å²) < 4.78 is 0. The highest BCUT2D eigenvalue weighted by Crippen LogP contribution is 2.31. The summed E-state index contributed by atoms with van der Waals surface area (Å²) in [5, 5.41) is 0.799. The zero-order valence-corrected chi connectivity index (χ0v) is 10.7. The SMILES string of the molecule is Cc1cc(Cl)ccc1C1C(N)CCCN1C. The van der Waals surface area contributed by atoms with Crippen molar-refractivity contribution < 1.29 is 0 Å². The van der Waals surface area contributed by atoms with Crippen LogP contribution in [-0.2, 0) is 0 Å². The normalized spacial score (nSPS) is 27.0. The number of likely N-dealkylation sites (N-methyl/N-ethyl adjacent to an activating group) is 1. The Labute approximate surface area is 102 Å². The number of aryl methyl sites for hydroxylation is 1. The highest BCUT2D eigenvalue weighted by atomic mass is 35.5. The summed E-state index contributed by atoms with van der Waals surface area (Å²) in [6, 6.07) is 6.67. The van der Waals surface area contributed by atoms with Crippen LogP contribution in [0.2, 0.25) is 5.02 Å². The van der Waals surface area contributed by atoms with Gasteiger partial charge >= 0.3 is 0 Å². The summed E-state index contributed by atoms with van der Waals surface area (Å²) in [4.78, 5) is 2.35. The van der Waals surface area contributed by atoms with Crippen molar-refractivity contribution >= 4 is 11.6 Å². The predicted molar refractivity (Wildman–Crippen MR) is 68.8 cm³/mol. The van der Waals surface area contributed by atoms with Crippen LogP contribution in [0.4, 0.5) is 0 Å². The average molecular weight is 239 g/mol. The molecule has 0 radical (unpaired) electrons. The minimum atomic E-state index is 0.235. The van der Waals surface area contributed by atoms with E-state index in [0.717, 1.165) is 18.0 Å². The van der Waals surface area contributed by atoms with Gasteiger partial charge in [0.2, 0.25) is 0 Å². The number of rotatable bonds is 1. The quantitative estimate of drug-likeness (QED) is 0.815. The van der Waals surface area contributed by atoms with E-state index in [4.69, 9.17) is 17.3 Å². The molecule has 2 nitrogen and oxygen atoms in total. The lowest BCUT2D eigenvalue weighted by atomic mass is 9.89. The highest BCUT2D eigenvalue weighted by Gasteiger charge is 2.28. The first kappa shape index (κ1) is 11.9. The molecule has 1 heterocycles. The Balaban J connectivity index is 2.34. The van der Waals surface area contributed by atoms with Crippen LogP contribution in [0.3, 0.4) is 0 Å². The summed E-state index contributed by atoms with van der Waals surface area (Å²) >= 11 is 5.98. The summed E-state index contributed by atoms with van der Waals surface area (Å²) in [7, 11) is 2.15. The van der Waals surface area contributed by atoms with E-state index in [1.54, 1.807) is 0 Å². The van der Waals surface area contributed by atoms with E-state index in [2.05, 4.69) is 24.9 Å². The summed E-state index contributed by atoms with van der Waals surface area (Å²) in [6.07, 6.45) is 2.30. The zero-order chi connectivity index (χ0) is 11.7. The molecule has 0 aromatic heterocycles. The smallest absolute Gasteiger partial charge is 0.0498 e. The molecule has 1 fully saturated rings. The van der Waals surface area contributed by atoms with Crippen molar-refractivity contribution in [1.29, 1.82) is 0 Å². The van der Waals surface area contributed by atoms with Crippen LogP contribution in [0, 0.1) is 6.92 Å². The third-order valence-corrected chi connectivity index (χ3v) is 3.71. The molecule has 1 saturated heterocycles. The molecule has 2 N–H and O–H groups in total. The lowest BCUT2D eigenvalue weighted by molar-refractivity contribution is 0.162. The van der Waals surface area contributed by atoms with Gasteiger partial charge in [-0.2, -0.15) is 0 Å². The van der Waals surface area contributed by atoms with Crippen molar-refractivity contribution in [3.8, 4) is 0 Å². The van der Waals surface area contributed by atoms with Gasteiger partial charge in [0.25, 0.3) is 0 Å². The molecule has 16 heavy (non-hydrogen) atoms. The highest BCUT2D eigenvalue weighted by molar-refractivity contribution is 6.30. The van der Waals surface area contributed by atoms with E-state index in [9.17, 15) is 0 Å². The lowest BCUT2D eigenvalue weighted by Crippen LogP contribution is -2.44. The van der Waals surface area contributed by atoms with Crippen LogP contribution in [0.5, 0.6) is 0 Å². The molecule has 3 heteroatoms. The molecule has 0 amide bonds. The van der Waals surface area contributed by atoms with Gasteiger partial charge < -0.3 is 5.73 Å². The average Bonchev–Trinajstić information content (AvgIpc) is 2.20. The minimum Gasteiger partial charge on any atom is -0.326 e. The molecule has 2 unspecified atom stereocenters. The second-order valence-electron chi connectivity index (χ2n) is 4.73. The molecule has 1 aliphatic heterocycles. The van der Waals surface area contributed by atoms with E-state index in [1.165, 1.54) is 17.5 Å². The fraction of sp³-hybridized carbons (Fsp3) is 0.538. The Bertz CT molecular complexity index is 368. The molecule has 1 aromatic rings. The number of hydrogen-bond acceptors (Lipinski definition) is 2. The Hall–Kier alpha value is -0.570. The number of nitrogens with two attached hydrogens (primary N) is 1. The van der Waals surface area contributed by atoms with Crippen molar-refractivity contribution in [3.63, 3.8) is 0 Å². The minimum absolute atomic E-state index is 0.235. The third kappa shape index (κ3) is 2.24. The molecule has 0 aliphatic carbocycles. The van der Waals surface area contributed by atoms with Crippen molar-refractivity contribution in [2.75, 3.05) is 13.6 Å². The maximum absolute atomic E-state index is 6.23. The van der Waals surface area contributed by atoms with Gasteiger partial charge in [0, 0.05) is 17.1 Å². The molecule has 88 valence electrons. The number of halogens is 1. The predicted octanol–water partition coefficient (Wildman–Crippen LogP) is 2.74. The topological polar surface area (TPSA) is 29.3 Å². The maximum atomic E-state index is 6.23. The van der Waals surface area contributed by atoms with E-state index in [-0.39, 0.29) is 6.04 Å². The van der Waals surface area contributed by atoms with Gasteiger partial charge in [-0.25, -0.2) is 0 Å². The van der Waals surface area contributed by atoms with Gasteiger partial charge in [0.15, 0.2) is 0 Å². The molecule has 0 bridgehead atoms. The number of nitrogens with zero attached hydrogens (tertiary/aromatic N) is 1. The molecular weight excluding hydrogens is 220 g/mol. The van der Waals surface area contributed by atoms with Crippen molar-refractivity contribution in [3.05, 3.63) is 34.3 Å². The maximum Gasteiger partial charge on any atom is 0.0498 e. The van der Waals surface area contributed by atoms with E-state index in [1.807, 2.05) is 12.1 Å². The summed E-state index contributed by atoms with van der Waals surface area (Å²) in [5.41, 5.74) is 8.79. The van der Waals surface area contributed by atoms with Gasteiger partial charge in [-0.05, 0) is 56.6 Å². The monoisotopic (exact) mass is 238 g/mol. The van der Waals surface area contributed by atoms with E-state index in [0.29, 0.717) is 6.04 Å². The van der Waals surface area contributed by atoms with Crippen LogP contribution in [0.25, 0.3) is 0 Å². The van der Waals surface area contributed by atoms with Crippen molar-refractivity contribution in [2.45, 2.75) is 31.8 Å². The second-order valence-corrected chi connectivity index (χ2v) is 5.17. The van der Waals surface area contributed by atoms with Gasteiger partial charge in [-0.1, -0.05) is 17.7 Å². The Kier molecular flexibility index (Phi) is 3.53.